The van der Waals surface area contributed by atoms with Gasteiger partial charge in [-0.3, -0.25) is 0 Å². The molecule has 21 heavy (non-hydrogen) atoms. The van der Waals surface area contributed by atoms with Crippen LogP contribution < -0.4 is 5.32 Å². The number of piperidine rings is 1. The highest BCUT2D eigenvalue weighted by molar-refractivity contribution is 5.98. The molecule has 1 fully saturated rings. The number of methoxy groups -OCH3 is 1. The standard InChI is InChI=1S/C14H19N3O4/c1-14(21-2)6-4-8-17(9-14)13(20)16-10-5-3-7-15-11(10)12(18)19/h3,5,7H,4,6,8-9H2,1-2H3,(H,16,20)(H,18,19). The third-order valence-electron chi connectivity index (χ3n) is 3.69. The second-order valence-corrected chi connectivity index (χ2v) is 5.31. The molecular formula is C14H19N3O4. The van der Waals surface area contributed by atoms with Crippen molar-refractivity contribution in [3.8, 4) is 0 Å². The highest BCUT2D eigenvalue weighted by Gasteiger charge is 2.33. The van der Waals surface area contributed by atoms with E-state index in [4.69, 9.17) is 9.84 Å². The maximum Gasteiger partial charge on any atom is 0.356 e. The first kappa shape index (κ1) is 15.2. The molecule has 7 nitrogen and oxygen atoms in total. The summed E-state index contributed by atoms with van der Waals surface area (Å²) < 4.78 is 5.44. The lowest BCUT2D eigenvalue weighted by molar-refractivity contribution is -0.0389. The van der Waals surface area contributed by atoms with E-state index in [2.05, 4.69) is 10.3 Å². The molecule has 1 aliphatic rings. The lowest BCUT2D eigenvalue weighted by atomic mass is 9.95. The van der Waals surface area contributed by atoms with Gasteiger partial charge < -0.3 is 20.1 Å². The molecule has 0 aliphatic carbocycles. The maximum absolute atomic E-state index is 12.3. The van der Waals surface area contributed by atoms with Crippen molar-refractivity contribution in [3.05, 3.63) is 24.0 Å². The average molecular weight is 293 g/mol. The van der Waals surface area contributed by atoms with Gasteiger partial charge >= 0.3 is 12.0 Å². The SMILES string of the molecule is COC1(C)CCCN(C(=O)Nc2cccnc2C(=O)O)C1. The van der Waals surface area contributed by atoms with Gasteiger partial charge in [-0.1, -0.05) is 0 Å². The largest absolute Gasteiger partial charge is 0.476 e. The van der Waals surface area contributed by atoms with Crippen LogP contribution in [-0.2, 0) is 4.74 Å². The van der Waals surface area contributed by atoms with E-state index in [9.17, 15) is 9.59 Å². The predicted octanol–water partition coefficient (Wildman–Crippen LogP) is 1.81. The van der Waals surface area contributed by atoms with Gasteiger partial charge in [-0.2, -0.15) is 0 Å². The van der Waals surface area contributed by atoms with Gasteiger partial charge in [0.25, 0.3) is 0 Å². The van der Waals surface area contributed by atoms with Crippen LogP contribution in [0.2, 0.25) is 0 Å². The number of carboxylic acids is 1. The normalized spacial score (nSPS) is 21.9. The number of aromatic carboxylic acids is 1. The summed E-state index contributed by atoms with van der Waals surface area (Å²) in [4.78, 5) is 28.8. The Morgan fingerprint density at radius 3 is 2.95 bits per heavy atom. The highest BCUT2D eigenvalue weighted by atomic mass is 16.5. The van der Waals surface area contributed by atoms with Crippen molar-refractivity contribution in [2.75, 3.05) is 25.5 Å². The Bertz CT molecular complexity index is 549. The van der Waals surface area contributed by atoms with Gasteiger partial charge in [-0.15, -0.1) is 0 Å². The number of likely N-dealkylation sites (tertiary alicyclic amines) is 1. The summed E-state index contributed by atoms with van der Waals surface area (Å²) in [6.45, 7) is 3.05. The monoisotopic (exact) mass is 293 g/mol. The number of hydrogen-bond acceptors (Lipinski definition) is 4. The van der Waals surface area contributed by atoms with E-state index < -0.39 is 5.97 Å². The summed E-state index contributed by atoms with van der Waals surface area (Å²) in [7, 11) is 1.63. The molecule has 1 aliphatic heterocycles. The first-order chi connectivity index (χ1) is 9.95. The van der Waals surface area contributed by atoms with E-state index in [1.165, 1.54) is 12.3 Å². The van der Waals surface area contributed by atoms with Gasteiger partial charge in [0, 0.05) is 19.9 Å². The van der Waals surface area contributed by atoms with Gasteiger partial charge in [0.15, 0.2) is 5.69 Å². The molecule has 1 aromatic rings. The zero-order valence-electron chi connectivity index (χ0n) is 12.1. The number of carboxylic acid groups (broad SMARTS) is 1. The van der Waals surface area contributed by atoms with E-state index in [1.807, 2.05) is 6.92 Å². The van der Waals surface area contributed by atoms with Crippen LogP contribution in [0, 0.1) is 0 Å². The van der Waals surface area contributed by atoms with Crippen molar-refractivity contribution < 1.29 is 19.4 Å². The number of carbonyl (C=O) groups excluding carboxylic acids is 1. The van der Waals surface area contributed by atoms with Crippen molar-refractivity contribution in [2.45, 2.75) is 25.4 Å². The van der Waals surface area contributed by atoms with Crippen LogP contribution in [0.4, 0.5) is 10.5 Å². The molecule has 7 heteroatoms. The first-order valence-corrected chi connectivity index (χ1v) is 6.74. The molecule has 0 saturated carbocycles. The Balaban J connectivity index is 2.10. The molecule has 2 heterocycles. The summed E-state index contributed by atoms with van der Waals surface area (Å²) in [6, 6.07) is 2.76. The van der Waals surface area contributed by atoms with Crippen molar-refractivity contribution >= 4 is 17.7 Å². The average Bonchev–Trinajstić information content (AvgIpc) is 2.47. The van der Waals surface area contributed by atoms with Gasteiger partial charge in [-0.25, -0.2) is 14.6 Å². The molecule has 1 unspecified atom stereocenters. The Hall–Kier alpha value is -2.15. The lowest BCUT2D eigenvalue weighted by Crippen LogP contribution is -2.51. The van der Waals surface area contributed by atoms with Crippen molar-refractivity contribution in [1.29, 1.82) is 0 Å². The molecule has 2 rings (SSSR count). The Kier molecular flexibility index (Phi) is 4.42. The molecule has 0 bridgehead atoms. The van der Waals surface area contributed by atoms with Crippen molar-refractivity contribution in [3.63, 3.8) is 0 Å². The minimum absolute atomic E-state index is 0.169. The number of amides is 2. The molecule has 1 saturated heterocycles. The number of aromatic nitrogens is 1. The third kappa shape index (κ3) is 3.49. The number of anilines is 1. The van der Waals surface area contributed by atoms with Crippen molar-refractivity contribution in [1.82, 2.24) is 9.88 Å². The summed E-state index contributed by atoms with van der Waals surface area (Å²) in [6.07, 6.45) is 3.11. The topological polar surface area (TPSA) is 91.8 Å². The van der Waals surface area contributed by atoms with E-state index in [0.717, 1.165) is 12.8 Å². The molecule has 2 amide bonds. The Labute approximate surface area is 122 Å². The number of pyridine rings is 1. The minimum atomic E-state index is -1.17. The van der Waals surface area contributed by atoms with Crippen LogP contribution in [0.5, 0.6) is 0 Å². The van der Waals surface area contributed by atoms with Gasteiger partial charge in [-0.05, 0) is 31.9 Å². The zero-order valence-corrected chi connectivity index (χ0v) is 12.1. The molecule has 0 radical (unpaired) electrons. The van der Waals surface area contributed by atoms with Crippen molar-refractivity contribution in [2.24, 2.45) is 0 Å². The summed E-state index contributed by atoms with van der Waals surface area (Å²) >= 11 is 0. The number of nitrogens with zero attached hydrogens (tertiary/aromatic N) is 2. The highest BCUT2D eigenvalue weighted by Crippen LogP contribution is 2.24. The Morgan fingerprint density at radius 1 is 1.52 bits per heavy atom. The quantitative estimate of drug-likeness (QED) is 0.886. The maximum atomic E-state index is 12.3. The van der Waals surface area contributed by atoms with E-state index in [1.54, 1.807) is 18.1 Å². The molecule has 0 spiro atoms. The van der Waals surface area contributed by atoms with Crippen LogP contribution in [0.3, 0.4) is 0 Å². The number of urea groups is 1. The van der Waals surface area contributed by atoms with Gasteiger partial charge in [0.05, 0.1) is 17.8 Å². The van der Waals surface area contributed by atoms with E-state index in [-0.39, 0.29) is 23.0 Å². The number of carbonyl (C=O) groups is 2. The zero-order chi connectivity index (χ0) is 15.5. The second-order valence-electron chi connectivity index (χ2n) is 5.31. The molecular weight excluding hydrogens is 274 g/mol. The predicted molar refractivity (Wildman–Crippen MR) is 76.4 cm³/mol. The van der Waals surface area contributed by atoms with E-state index >= 15 is 0 Å². The van der Waals surface area contributed by atoms with Crippen LogP contribution in [0.1, 0.15) is 30.3 Å². The lowest BCUT2D eigenvalue weighted by Gasteiger charge is -2.39. The fraction of sp³-hybridized carbons (Fsp3) is 0.500. The fourth-order valence-electron chi connectivity index (χ4n) is 2.42. The van der Waals surface area contributed by atoms with E-state index in [0.29, 0.717) is 13.1 Å². The molecule has 2 N–H and O–H groups in total. The third-order valence-corrected chi connectivity index (χ3v) is 3.69. The van der Waals surface area contributed by atoms with Gasteiger partial charge in [0.2, 0.25) is 0 Å². The number of rotatable bonds is 3. The molecule has 0 aromatic carbocycles. The summed E-state index contributed by atoms with van der Waals surface area (Å²) in [5, 5.41) is 11.7. The van der Waals surface area contributed by atoms with Crippen LogP contribution in [0.15, 0.2) is 18.3 Å². The van der Waals surface area contributed by atoms with Crippen LogP contribution in [-0.4, -0.2) is 52.8 Å². The second kappa shape index (κ2) is 6.09. The van der Waals surface area contributed by atoms with Crippen LogP contribution in [0.25, 0.3) is 0 Å². The molecule has 114 valence electrons. The minimum Gasteiger partial charge on any atom is -0.476 e. The molecule has 1 atom stereocenters. The number of hydrogen-bond donors (Lipinski definition) is 2. The Morgan fingerprint density at radius 2 is 2.29 bits per heavy atom. The summed E-state index contributed by atoms with van der Waals surface area (Å²) in [5.74, 6) is -1.17. The summed E-state index contributed by atoms with van der Waals surface area (Å²) in [5.41, 5.74) is -0.336. The fourth-order valence-corrected chi connectivity index (χ4v) is 2.42. The van der Waals surface area contributed by atoms with Gasteiger partial charge in [0.1, 0.15) is 0 Å². The number of ether oxygens (including phenoxy) is 1. The number of nitrogens with one attached hydrogen (secondary N) is 1. The smallest absolute Gasteiger partial charge is 0.356 e. The first-order valence-electron chi connectivity index (χ1n) is 6.74. The van der Waals surface area contributed by atoms with Crippen LogP contribution >= 0.6 is 0 Å². The molecule has 1 aromatic heterocycles.